The van der Waals surface area contributed by atoms with E-state index in [2.05, 4.69) is 5.32 Å². The Morgan fingerprint density at radius 3 is 2.55 bits per heavy atom. The maximum absolute atomic E-state index is 12.4. The summed E-state index contributed by atoms with van der Waals surface area (Å²) in [5.74, 6) is -0.315. The average Bonchev–Trinajstić information content (AvgIpc) is 2.62. The van der Waals surface area contributed by atoms with Crippen LogP contribution in [-0.4, -0.2) is 60.6 Å². The van der Waals surface area contributed by atoms with Gasteiger partial charge >= 0.3 is 12.1 Å². The number of carbonyl (C=O) groups is 2. The largest absolute Gasteiger partial charge is 0.465 e. The first-order valence-corrected chi connectivity index (χ1v) is 7.59. The molecule has 128 valence electrons. The lowest BCUT2D eigenvalue weighted by atomic mass is 10.2. The van der Waals surface area contributed by atoms with Gasteiger partial charge in [-0.05, 0) is 41.5 Å². The number of esters is 1. The van der Waals surface area contributed by atoms with Crippen LogP contribution < -0.4 is 5.32 Å². The molecule has 1 fully saturated rings. The molecule has 1 saturated heterocycles. The number of nitrogens with zero attached hydrogens (tertiary/aromatic N) is 1. The number of hydrogen-bond donors (Lipinski definition) is 1. The van der Waals surface area contributed by atoms with E-state index >= 15 is 0 Å². The Kier molecular flexibility index (Phi) is 6.19. The molecule has 7 nitrogen and oxygen atoms in total. The number of ether oxygens (including phenoxy) is 3. The van der Waals surface area contributed by atoms with Gasteiger partial charge in [-0.1, -0.05) is 0 Å². The van der Waals surface area contributed by atoms with E-state index in [0.29, 0.717) is 19.8 Å². The molecule has 0 aromatic heterocycles. The second-order valence-corrected chi connectivity index (χ2v) is 6.70. The average molecular weight is 316 g/mol. The SMILES string of the molecule is CCOC(=O)CNC[C@@H]1COC(C)(C)N1C(=O)OC(C)(C)C. The second-order valence-electron chi connectivity index (χ2n) is 6.70. The fraction of sp³-hybridized carbons (Fsp3) is 0.867. The molecule has 1 rings (SSSR count). The number of rotatable bonds is 5. The molecule has 1 N–H and O–H groups in total. The van der Waals surface area contributed by atoms with Crippen molar-refractivity contribution in [3.05, 3.63) is 0 Å². The molecule has 1 amide bonds. The standard InChI is InChI=1S/C15H28N2O5/c1-7-20-12(18)9-16-8-11-10-21-15(5,6)17(11)13(19)22-14(2,3)4/h11,16H,7-10H2,1-6H3/t11-/m1/s1. The Labute approximate surface area is 132 Å². The summed E-state index contributed by atoms with van der Waals surface area (Å²) < 4.78 is 16.0. The van der Waals surface area contributed by atoms with Gasteiger partial charge < -0.3 is 19.5 Å². The Bertz CT molecular complexity index is 403. The van der Waals surface area contributed by atoms with Crippen LogP contribution >= 0.6 is 0 Å². The van der Waals surface area contributed by atoms with Gasteiger partial charge in [0, 0.05) is 6.54 Å². The van der Waals surface area contributed by atoms with E-state index in [0.717, 1.165) is 0 Å². The third kappa shape index (κ3) is 5.46. The first kappa shape index (κ1) is 18.7. The number of amides is 1. The fourth-order valence-corrected chi connectivity index (χ4v) is 2.27. The Morgan fingerprint density at radius 1 is 1.36 bits per heavy atom. The Hall–Kier alpha value is -1.34. The summed E-state index contributed by atoms with van der Waals surface area (Å²) in [7, 11) is 0. The number of hydrogen-bond acceptors (Lipinski definition) is 6. The number of nitrogens with one attached hydrogen (secondary N) is 1. The highest BCUT2D eigenvalue weighted by Crippen LogP contribution is 2.29. The maximum Gasteiger partial charge on any atom is 0.412 e. The molecular weight excluding hydrogens is 288 g/mol. The van der Waals surface area contributed by atoms with Gasteiger partial charge in [-0.15, -0.1) is 0 Å². The van der Waals surface area contributed by atoms with Gasteiger partial charge in [0.2, 0.25) is 0 Å². The zero-order valence-corrected chi connectivity index (χ0v) is 14.4. The minimum Gasteiger partial charge on any atom is -0.465 e. The van der Waals surface area contributed by atoms with Crippen molar-refractivity contribution in [3.8, 4) is 0 Å². The highest BCUT2D eigenvalue weighted by atomic mass is 16.6. The monoisotopic (exact) mass is 316 g/mol. The van der Waals surface area contributed by atoms with Crippen LogP contribution in [0.15, 0.2) is 0 Å². The summed E-state index contributed by atoms with van der Waals surface area (Å²) >= 11 is 0. The second kappa shape index (κ2) is 7.28. The summed E-state index contributed by atoms with van der Waals surface area (Å²) in [5.41, 5.74) is -1.31. The minimum absolute atomic E-state index is 0.104. The van der Waals surface area contributed by atoms with Crippen LogP contribution in [0.5, 0.6) is 0 Å². The molecule has 0 unspecified atom stereocenters. The summed E-state index contributed by atoms with van der Waals surface area (Å²) in [4.78, 5) is 25.3. The van der Waals surface area contributed by atoms with Crippen LogP contribution in [0, 0.1) is 0 Å². The molecule has 0 aromatic rings. The van der Waals surface area contributed by atoms with Gasteiger partial charge in [0.1, 0.15) is 11.3 Å². The topological polar surface area (TPSA) is 77.1 Å². The van der Waals surface area contributed by atoms with Crippen molar-refractivity contribution in [2.45, 2.75) is 58.9 Å². The predicted octanol–water partition coefficient (Wildman–Crippen LogP) is 1.51. The van der Waals surface area contributed by atoms with Gasteiger partial charge in [0.15, 0.2) is 0 Å². The molecule has 1 aliphatic heterocycles. The molecule has 1 aliphatic rings. The Morgan fingerprint density at radius 2 is 2.00 bits per heavy atom. The van der Waals surface area contributed by atoms with Crippen LogP contribution in [0.3, 0.4) is 0 Å². The van der Waals surface area contributed by atoms with Crippen LogP contribution in [0.1, 0.15) is 41.5 Å². The van der Waals surface area contributed by atoms with Crippen LogP contribution in [0.25, 0.3) is 0 Å². The first-order valence-electron chi connectivity index (χ1n) is 7.59. The molecule has 1 atom stereocenters. The van der Waals surface area contributed by atoms with E-state index < -0.39 is 17.4 Å². The van der Waals surface area contributed by atoms with Crippen molar-refractivity contribution in [1.29, 1.82) is 0 Å². The van der Waals surface area contributed by atoms with Crippen LogP contribution in [0.2, 0.25) is 0 Å². The highest BCUT2D eigenvalue weighted by Gasteiger charge is 2.45. The minimum atomic E-state index is -0.737. The lowest BCUT2D eigenvalue weighted by Gasteiger charge is -2.35. The molecular formula is C15H28N2O5. The van der Waals surface area contributed by atoms with Gasteiger partial charge in [-0.25, -0.2) is 4.79 Å². The van der Waals surface area contributed by atoms with Crippen molar-refractivity contribution in [2.24, 2.45) is 0 Å². The van der Waals surface area contributed by atoms with Gasteiger partial charge in [-0.2, -0.15) is 0 Å². The molecule has 0 spiro atoms. The zero-order chi connectivity index (χ0) is 17.0. The van der Waals surface area contributed by atoms with Gasteiger partial charge in [0.25, 0.3) is 0 Å². The third-order valence-electron chi connectivity index (χ3n) is 3.12. The molecule has 0 radical (unpaired) electrons. The van der Waals surface area contributed by atoms with Crippen LogP contribution in [-0.2, 0) is 19.0 Å². The van der Waals surface area contributed by atoms with Crippen LogP contribution in [0.4, 0.5) is 4.79 Å². The smallest absolute Gasteiger partial charge is 0.412 e. The van der Waals surface area contributed by atoms with Crippen molar-refractivity contribution in [2.75, 3.05) is 26.3 Å². The predicted molar refractivity (Wildman–Crippen MR) is 81.4 cm³/mol. The highest BCUT2D eigenvalue weighted by molar-refractivity contribution is 5.71. The summed E-state index contributed by atoms with van der Waals surface area (Å²) in [6, 6.07) is -0.195. The van der Waals surface area contributed by atoms with E-state index in [-0.39, 0.29) is 18.6 Å². The van der Waals surface area contributed by atoms with Gasteiger partial charge in [-0.3, -0.25) is 9.69 Å². The van der Waals surface area contributed by atoms with E-state index in [4.69, 9.17) is 14.2 Å². The maximum atomic E-state index is 12.4. The fourth-order valence-electron chi connectivity index (χ4n) is 2.27. The molecule has 0 saturated carbocycles. The van der Waals surface area contributed by atoms with Gasteiger partial charge in [0.05, 0.1) is 25.8 Å². The zero-order valence-electron chi connectivity index (χ0n) is 14.4. The third-order valence-corrected chi connectivity index (χ3v) is 3.12. The molecule has 0 bridgehead atoms. The summed E-state index contributed by atoms with van der Waals surface area (Å²) in [5, 5.41) is 2.99. The summed E-state index contributed by atoms with van der Waals surface area (Å²) in [6.07, 6.45) is -0.419. The Balaban J connectivity index is 2.61. The molecule has 0 aliphatic carbocycles. The molecule has 22 heavy (non-hydrogen) atoms. The summed E-state index contributed by atoms with van der Waals surface area (Å²) in [6.45, 7) is 12.1. The van der Waals surface area contributed by atoms with E-state index in [1.54, 1.807) is 11.8 Å². The van der Waals surface area contributed by atoms with Crippen molar-refractivity contribution in [1.82, 2.24) is 10.2 Å². The lowest BCUT2D eigenvalue weighted by molar-refractivity contribution is -0.142. The lowest BCUT2D eigenvalue weighted by Crippen LogP contribution is -2.52. The van der Waals surface area contributed by atoms with E-state index in [9.17, 15) is 9.59 Å². The molecule has 1 heterocycles. The van der Waals surface area contributed by atoms with Crippen molar-refractivity contribution < 1.29 is 23.8 Å². The van der Waals surface area contributed by atoms with Crippen molar-refractivity contribution >= 4 is 12.1 Å². The normalized spacial score (nSPS) is 20.8. The number of carbonyl (C=O) groups excluding carboxylic acids is 2. The van der Waals surface area contributed by atoms with E-state index in [1.165, 1.54) is 0 Å². The first-order chi connectivity index (χ1) is 10.1. The van der Waals surface area contributed by atoms with E-state index in [1.807, 2.05) is 34.6 Å². The molecule has 7 heteroatoms. The quantitative estimate of drug-likeness (QED) is 0.775. The molecule has 0 aromatic carbocycles. The van der Waals surface area contributed by atoms with Crippen molar-refractivity contribution in [3.63, 3.8) is 0 Å².